The molecule has 1 amide bonds. The van der Waals surface area contributed by atoms with Gasteiger partial charge in [-0.15, -0.1) is 0 Å². The van der Waals surface area contributed by atoms with E-state index in [0.29, 0.717) is 18.1 Å². The zero-order valence-electron chi connectivity index (χ0n) is 14.5. The molecule has 0 saturated heterocycles. The maximum Gasteiger partial charge on any atom is 0.261 e. The topological polar surface area (TPSA) is 71.0 Å². The Bertz CT molecular complexity index is 911. The van der Waals surface area contributed by atoms with Crippen LogP contribution < -0.4 is 10.2 Å². The Balaban J connectivity index is 1.47. The highest BCUT2D eigenvalue weighted by Gasteiger charge is 2.31. The molecule has 0 bridgehead atoms. The summed E-state index contributed by atoms with van der Waals surface area (Å²) in [5.41, 5.74) is 3.56. The molecule has 0 radical (unpaired) electrons. The largest absolute Gasteiger partial charge is 0.349 e. The van der Waals surface area contributed by atoms with Crippen molar-refractivity contribution in [1.29, 1.82) is 0 Å². The van der Waals surface area contributed by atoms with Crippen LogP contribution in [-0.2, 0) is 13.0 Å². The predicted molar refractivity (Wildman–Crippen MR) is 100 cm³/mol. The molecule has 3 aromatic rings. The molecular formula is C20H19N5O. The van der Waals surface area contributed by atoms with Gasteiger partial charge in [0.2, 0.25) is 5.95 Å². The predicted octanol–water partition coefficient (Wildman–Crippen LogP) is 3.08. The molecule has 4 rings (SSSR count). The van der Waals surface area contributed by atoms with Crippen molar-refractivity contribution in [3.05, 3.63) is 77.9 Å². The quantitative estimate of drug-likeness (QED) is 0.787. The van der Waals surface area contributed by atoms with Crippen LogP contribution in [0.3, 0.4) is 0 Å². The third-order valence-electron chi connectivity index (χ3n) is 4.48. The van der Waals surface area contributed by atoms with Crippen molar-refractivity contribution < 1.29 is 4.79 Å². The number of carbonyl (C=O) groups excluding carboxylic acids is 1. The van der Waals surface area contributed by atoms with Crippen molar-refractivity contribution in [2.45, 2.75) is 25.9 Å². The highest BCUT2D eigenvalue weighted by atomic mass is 16.2. The molecule has 1 aliphatic rings. The van der Waals surface area contributed by atoms with Crippen LogP contribution in [0.25, 0.3) is 0 Å². The van der Waals surface area contributed by atoms with Crippen LogP contribution in [0.4, 0.5) is 11.6 Å². The molecule has 26 heavy (non-hydrogen) atoms. The summed E-state index contributed by atoms with van der Waals surface area (Å²) in [4.78, 5) is 27.5. The van der Waals surface area contributed by atoms with Gasteiger partial charge in [-0.2, -0.15) is 0 Å². The number of nitrogens with one attached hydrogen (secondary N) is 1. The number of aromatic nitrogens is 3. The standard InChI is InChI=1S/C20H19N5O/c1-14-10-15-6-2-3-8-18(15)25(14)19(26)16-11-22-20(23-12-16)24-13-17-7-4-5-9-21-17/h2-9,11-12,14H,10,13H2,1H3,(H,22,23,24). The molecule has 1 atom stereocenters. The number of hydrogen-bond acceptors (Lipinski definition) is 5. The molecule has 1 aromatic carbocycles. The van der Waals surface area contributed by atoms with Gasteiger partial charge in [-0.25, -0.2) is 9.97 Å². The minimum atomic E-state index is -0.0706. The summed E-state index contributed by atoms with van der Waals surface area (Å²) in [6, 6.07) is 13.9. The van der Waals surface area contributed by atoms with E-state index in [0.717, 1.165) is 17.8 Å². The van der Waals surface area contributed by atoms with Gasteiger partial charge in [-0.05, 0) is 37.1 Å². The minimum absolute atomic E-state index is 0.0706. The summed E-state index contributed by atoms with van der Waals surface area (Å²) in [5, 5.41) is 3.11. The Hall–Kier alpha value is -3.28. The monoisotopic (exact) mass is 345 g/mol. The average molecular weight is 345 g/mol. The number of nitrogens with zero attached hydrogens (tertiary/aromatic N) is 4. The zero-order chi connectivity index (χ0) is 17.9. The first-order chi connectivity index (χ1) is 12.7. The lowest BCUT2D eigenvalue weighted by Gasteiger charge is -2.22. The summed E-state index contributed by atoms with van der Waals surface area (Å²) < 4.78 is 0. The second-order valence-electron chi connectivity index (χ2n) is 6.33. The van der Waals surface area contributed by atoms with E-state index >= 15 is 0 Å². The first-order valence-electron chi connectivity index (χ1n) is 8.59. The van der Waals surface area contributed by atoms with Crippen molar-refractivity contribution in [2.75, 3.05) is 10.2 Å². The highest BCUT2D eigenvalue weighted by Crippen LogP contribution is 2.32. The first-order valence-corrected chi connectivity index (χ1v) is 8.59. The summed E-state index contributed by atoms with van der Waals surface area (Å²) in [6.45, 7) is 2.59. The Morgan fingerprint density at radius 2 is 1.88 bits per heavy atom. The first kappa shape index (κ1) is 16.2. The zero-order valence-corrected chi connectivity index (χ0v) is 14.5. The third-order valence-corrected chi connectivity index (χ3v) is 4.48. The number of anilines is 2. The fraction of sp³-hybridized carbons (Fsp3) is 0.200. The van der Waals surface area contributed by atoms with E-state index < -0.39 is 0 Å². The van der Waals surface area contributed by atoms with Crippen LogP contribution in [0, 0.1) is 0 Å². The van der Waals surface area contributed by atoms with Crippen molar-refractivity contribution >= 4 is 17.5 Å². The van der Waals surface area contributed by atoms with Crippen LogP contribution in [-0.4, -0.2) is 26.9 Å². The van der Waals surface area contributed by atoms with Crippen LogP contribution >= 0.6 is 0 Å². The van der Waals surface area contributed by atoms with Gasteiger partial charge in [-0.3, -0.25) is 9.78 Å². The van der Waals surface area contributed by atoms with Gasteiger partial charge in [0.1, 0.15) is 0 Å². The lowest BCUT2D eigenvalue weighted by atomic mass is 10.1. The van der Waals surface area contributed by atoms with E-state index in [-0.39, 0.29) is 11.9 Å². The van der Waals surface area contributed by atoms with Crippen LogP contribution in [0.5, 0.6) is 0 Å². The smallest absolute Gasteiger partial charge is 0.261 e. The number of benzene rings is 1. The molecular weight excluding hydrogens is 326 g/mol. The molecule has 0 saturated carbocycles. The Kier molecular flexibility index (Phi) is 4.31. The number of para-hydroxylation sites is 1. The Labute approximate surface area is 151 Å². The highest BCUT2D eigenvalue weighted by molar-refractivity contribution is 6.07. The van der Waals surface area contributed by atoms with E-state index in [1.807, 2.05) is 41.3 Å². The Morgan fingerprint density at radius 1 is 1.12 bits per heavy atom. The van der Waals surface area contributed by atoms with Gasteiger partial charge < -0.3 is 10.2 Å². The summed E-state index contributed by atoms with van der Waals surface area (Å²) in [7, 11) is 0. The van der Waals surface area contributed by atoms with Crippen LogP contribution in [0.15, 0.2) is 61.1 Å². The molecule has 0 spiro atoms. The number of hydrogen-bond donors (Lipinski definition) is 1. The maximum absolute atomic E-state index is 12.9. The molecule has 1 aliphatic heterocycles. The lowest BCUT2D eigenvalue weighted by molar-refractivity contribution is 0.0981. The molecule has 1 N–H and O–H groups in total. The molecule has 6 nitrogen and oxygen atoms in total. The second kappa shape index (κ2) is 6.92. The number of carbonyl (C=O) groups is 1. The van der Waals surface area contributed by atoms with E-state index in [9.17, 15) is 4.79 Å². The fourth-order valence-corrected chi connectivity index (χ4v) is 3.22. The molecule has 1 unspecified atom stereocenters. The Morgan fingerprint density at radius 3 is 2.65 bits per heavy atom. The average Bonchev–Trinajstić information content (AvgIpc) is 3.03. The molecule has 2 aromatic heterocycles. The van der Waals surface area contributed by atoms with E-state index in [1.165, 1.54) is 5.56 Å². The van der Waals surface area contributed by atoms with E-state index in [1.54, 1.807) is 18.6 Å². The van der Waals surface area contributed by atoms with Crippen molar-refractivity contribution in [3.63, 3.8) is 0 Å². The minimum Gasteiger partial charge on any atom is -0.349 e. The number of fused-ring (bicyclic) bond motifs is 1. The number of amides is 1. The summed E-state index contributed by atoms with van der Waals surface area (Å²) >= 11 is 0. The maximum atomic E-state index is 12.9. The van der Waals surface area contributed by atoms with Crippen LogP contribution in [0.1, 0.15) is 28.5 Å². The lowest BCUT2D eigenvalue weighted by Crippen LogP contribution is -2.35. The van der Waals surface area contributed by atoms with Crippen molar-refractivity contribution in [2.24, 2.45) is 0 Å². The van der Waals surface area contributed by atoms with Gasteiger partial charge in [-0.1, -0.05) is 24.3 Å². The number of rotatable bonds is 4. The van der Waals surface area contributed by atoms with Crippen molar-refractivity contribution in [1.82, 2.24) is 15.0 Å². The van der Waals surface area contributed by atoms with Gasteiger partial charge in [0.15, 0.2) is 0 Å². The van der Waals surface area contributed by atoms with Crippen LogP contribution in [0.2, 0.25) is 0 Å². The van der Waals surface area contributed by atoms with E-state index in [4.69, 9.17) is 0 Å². The molecule has 6 heteroatoms. The second-order valence-corrected chi connectivity index (χ2v) is 6.33. The van der Waals surface area contributed by atoms with E-state index in [2.05, 4.69) is 33.3 Å². The number of pyridine rings is 1. The van der Waals surface area contributed by atoms with Gasteiger partial charge in [0, 0.05) is 30.3 Å². The fourth-order valence-electron chi connectivity index (χ4n) is 3.22. The van der Waals surface area contributed by atoms with Gasteiger partial charge in [0.25, 0.3) is 5.91 Å². The molecule has 3 heterocycles. The molecule has 0 aliphatic carbocycles. The van der Waals surface area contributed by atoms with Crippen molar-refractivity contribution in [3.8, 4) is 0 Å². The third kappa shape index (κ3) is 3.13. The SMILES string of the molecule is CC1Cc2ccccc2N1C(=O)c1cnc(NCc2ccccn2)nc1. The summed E-state index contributed by atoms with van der Waals surface area (Å²) in [5.74, 6) is 0.404. The summed E-state index contributed by atoms with van der Waals surface area (Å²) in [6.07, 6.45) is 5.76. The molecule has 130 valence electrons. The van der Waals surface area contributed by atoms with Gasteiger partial charge >= 0.3 is 0 Å². The molecule has 0 fully saturated rings. The van der Waals surface area contributed by atoms with Gasteiger partial charge in [0.05, 0.1) is 17.8 Å². The normalized spacial score (nSPS) is 15.6.